The molecule has 0 atom stereocenters. The van der Waals surface area contributed by atoms with E-state index in [1.54, 1.807) is 30.3 Å². The summed E-state index contributed by atoms with van der Waals surface area (Å²) in [6.45, 7) is 0. The van der Waals surface area contributed by atoms with Crippen molar-refractivity contribution in [2.24, 2.45) is 0 Å². The fourth-order valence-corrected chi connectivity index (χ4v) is 1.60. The quantitative estimate of drug-likeness (QED) is 0.510. The van der Waals surface area contributed by atoms with E-state index < -0.39 is 0 Å². The lowest BCUT2D eigenvalue weighted by molar-refractivity contribution is -0.178. The molecule has 0 aromatic heterocycles. The molecule has 1 N–H and O–H groups in total. The number of aromatic hydroxyl groups is 1. The van der Waals surface area contributed by atoms with Crippen molar-refractivity contribution in [2.45, 2.75) is 0 Å². The number of ketones is 1. The van der Waals surface area contributed by atoms with Crippen molar-refractivity contribution in [2.75, 3.05) is 7.11 Å². The van der Waals surface area contributed by atoms with Gasteiger partial charge in [-0.15, -0.1) is 0 Å². The molecule has 0 unspecified atom stereocenters. The second-order valence-corrected chi connectivity index (χ2v) is 3.62. The molecule has 4 nitrogen and oxygen atoms in total. The van der Waals surface area contributed by atoms with Crippen molar-refractivity contribution in [3.05, 3.63) is 59.7 Å². The third-order valence-electron chi connectivity index (χ3n) is 2.43. The molecule has 4 heteroatoms. The number of carbonyl (C=O) groups excluding carboxylic acids is 1. The highest BCUT2D eigenvalue weighted by Crippen LogP contribution is 2.25. The van der Waals surface area contributed by atoms with Crippen molar-refractivity contribution >= 4 is 5.78 Å². The molecular weight excluding hydrogens is 232 g/mol. The highest BCUT2D eigenvalue weighted by atomic mass is 17.2. The Morgan fingerprint density at radius 2 is 1.83 bits per heavy atom. The maximum absolute atomic E-state index is 12.1. The number of hydrogen-bond acceptors (Lipinski definition) is 4. The van der Waals surface area contributed by atoms with Crippen LogP contribution in [0.25, 0.3) is 0 Å². The van der Waals surface area contributed by atoms with Crippen LogP contribution in [-0.2, 0) is 4.89 Å². The van der Waals surface area contributed by atoms with Crippen molar-refractivity contribution in [1.82, 2.24) is 0 Å². The van der Waals surface area contributed by atoms with Gasteiger partial charge in [-0.05, 0) is 12.1 Å². The molecule has 0 bridgehead atoms. The lowest BCUT2D eigenvalue weighted by atomic mass is 10.0. The maximum Gasteiger partial charge on any atom is 0.196 e. The zero-order valence-corrected chi connectivity index (χ0v) is 9.79. The summed E-state index contributed by atoms with van der Waals surface area (Å²) in [5.41, 5.74) is 0.748. The topological polar surface area (TPSA) is 55.8 Å². The predicted molar refractivity (Wildman–Crippen MR) is 65.6 cm³/mol. The first-order valence-electron chi connectivity index (χ1n) is 5.36. The van der Waals surface area contributed by atoms with Crippen molar-refractivity contribution in [3.8, 4) is 11.5 Å². The second kappa shape index (κ2) is 5.33. The summed E-state index contributed by atoms with van der Waals surface area (Å²) in [6, 6.07) is 13.1. The first-order chi connectivity index (χ1) is 8.72. The van der Waals surface area contributed by atoms with E-state index in [1.807, 2.05) is 6.07 Å². The van der Waals surface area contributed by atoms with Crippen LogP contribution in [0.1, 0.15) is 15.9 Å². The molecule has 0 aliphatic heterocycles. The zero-order chi connectivity index (χ0) is 13.0. The molecule has 2 aromatic carbocycles. The van der Waals surface area contributed by atoms with Gasteiger partial charge in [-0.3, -0.25) is 4.79 Å². The van der Waals surface area contributed by atoms with Gasteiger partial charge >= 0.3 is 0 Å². The summed E-state index contributed by atoms with van der Waals surface area (Å²) < 4.78 is 0. The largest absolute Gasteiger partial charge is 0.507 e. The third-order valence-corrected chi connectivity index (χ3v) is 2.43. The molecule has 0 amide bonds. The number of rotatable bonds is 4. The fourth-order valence-electron chi connectivity index (χ4n) is 1.60. The van der Waals surface area contributed by atoms with Crippen LogP contribution in [0.15, 0.2) is 48.5 Å². The first kappa shape index (κ1) is 12.1. The fraction of sp³-hybridized carbons (Fsp3) is 0.0714. The van der Waals surface area contributed by atoms with Gasteiger partial charge in [-0.1, -0.05) is 30.3 Å². The van der Waals surface area contributed by atoms with Crippen molar-refractivity contribution < 1.29 is 19.7 Å². The summed E-state index contributed by atoms with van der Waals surface area (Å²) in [6.07, 6.45) is 0. The highest BCUT2D eigenvalue weighted by Gasteiger charge is 2.14. The summed E-state index contributed by atoms with van der Waals surface area (Å²) >= 11 is 0. The molecule has 0 saturated carbocycles. The molecule has 2 rings (SSSR count). The van der Waals surface area contributed by atoms with Crippen LogP contribution >= 0.6 is 0 Å². The van der Waals surface area contributed by atoms with Gasteiger partial charge in [-0.2, -0.15) is 4.89 Å². The normalized spacial score (nSPS) is 10.1. The van der Waals surface area contributed by atoms with Gasteiger partial charge in [0.1, 0.15) is 5.75 Å². The Balaban J connectivity index is 2.32. The molecular formula is C14H12O4. The number of phenolic OH excluding ortho intramolecular Hbond substituents is 1. The SMILES string of the molecule is COOc1ccc(C(=O)c2ccccc2)c(O)c1. The van der Waals surface area contributed by atoms with Gasteiger partial charge in [0.25, 0.3) is 0 Å². The van der Waals surface area contributed by atoms with E-state index in [9.17, 15) is 9.90 Å². The minimum atomic E-state index is -0.239. The van der Waals surface area contributed by atoms with Gasteiger partial charge in [0, 0.05) is 11.6 Å². The van der Waals surface area contributed by atoms with Gasteiger partial charge < -0.3 is 9.99 Å². The van der Waals surface area contributed by atoms with Crippen LogP contribution in [-0.4, -0.2) is 18.0 Å². The van der Waals surface area contributed by atoms with E-state index >= 15 is 0 Å². The Labute approximate surface area is 104 Å². The standard InChI is InChI=1S/C14H12O4/c1-17-18-11-7-8-12(13(15)9-11)14(16)10-5-3-2-4-6-10/h2-9,15H,1H3. The van der Waals surface area contributed by atoms with Crippen LogP contribution in [0.5, 0.6) is 11.5 Å². The lowest BCUT2D eigenvalue weighted by Gasteiger charge is -2.06. The summed E-state index contributed by atoms with van der Waals surface area (Å²) in [5, 5.41) is 9.79. The van der Waals surface area contributed by atoms with Crippen LogP contribution in [0.4, 0.5) is 0 Å². The summed E-state index contributed by atoms with van der Waals surface area (Å²) in [4.78, 5) is 21.3. The minimum absolute atomic E-state index is 0.140. The molecule has 92 valence electrons. The minimum Gasteiger partial charge on any atom is -0.507 e. The van der Waals surface area contributed by atoms with Gasteiger partial charge in [-0.25, -0.2) is 0 Å². The Bertz CT molecular complexity index is 549. The number of benzene rings is 2. The molecule has 0 heterocycles. The van der Waals surface area contributed by atoms with Crippen LogP contribution < -0.4 is 4.89 Å². The van der Waals surface area contributed by atoms with Gasteiger partial charge in [0.2, 0.25) is 0 Å². The van der Waals surface area contributed by atoms with Crippen molar-refractivity contribution in [1.29, 1.82) is 0 Å². The number of phenols is 1. The smallest absolute Gasteiger partial charge is 0.196 e. The number of hydrogen-bond donors (Lipinski definition) is 1. The van der Waals surface area contributed by atoms with Gasteiger partial charge in [0.15, 0.2) is 11.5 Å². The van der Waals surface area contributed by atoms with Gasteiger partial charge in [0.05, 0.1) is 12.7 Å². The van der Waals surface area contributed by atoms with E-state index in [4.69, 9.17) is 4.89 Å². The van der Waals surface area contributed by atoms with Crippen LogP contribution in [0.3, 0.4) is 0 Å². The Kier molecular flexibility index (Phi) is 3.60. The Hall–Kier alpha value is -2.33. The molecule has 0 aliphatic rings. The van der Waals surface area contributed by atoms with E-state index in [1.165, 1.54) is 19.2 Å². The lowest BCUT2D eigenvalue weighted by Crippen LogP contribution is -2.01. The molecule has 0 spiro atoms. The van der Waals surface area contributed by atoms with E-state index in [2.05, 4.69) is 4.89 Å². The molecule has 18 heavy (non-hydrogen) atoms. The molecule has 2 aromatic rings. The summed E-state index contributed by atoms with van der Waals surface area (Å²) in [5.74, 6) is -0.0462. The second-order valence-electron chi connectivity index (χ2n) is 3.62. The van der Waals surface area contributed by atoms with Crippen LogP contribution in [0, 0.1) is 0 Å². The maximum atomic E-state index is 12.1. The molecule has 0 aliphatic carbocycles. The zero-order valence-electron chi connectivity index (χ0n) is 9.79. The average molecular weight is 244 g/mol. The van der Waals surface area contributed by atoms with Crippen molar-refractivity contribution in [3.63, 3.8) is 0 Å². The Morgan fingerprint density at radius 1 is 1.11 bits per heavy atom. The van der Waals surface area contributed by atoms with Crippen LogP contribution in [0.2, 0.25) is 0 Å². The number of carbonyl (C=O) groups is 1. The predicted octanol–water partition coefficient (Wildman–Crippen LogP) is 2.56. The molecule has 0 saturated heterocycles. The highest BCUT2D eigenvalue weighted by molar-refractivity contribution is 6.10. The average Bonchev–Trinajstić information content (AvgIpc) is 2.40. The molecule has 0 radical (unpaired) electrons. The van der Waals surface area contributed by atoms with E-state index in [0.717, 1.165) is 0 Å². The Morgan fingerprint density at radius 3 is 2.44 bits per heavy atom. The van der Waals surface area contributed by atoms with E-state index in [-0.39, 0.29) is 17.1 Å². The monoisotopic (exact) mass is 244 g/mol. The third kappa shape index (κ3) is 2.49. The first-order valence-corrected chi connectivity index (χ1v) is 5.36. The van der Waals surface area contributed by atoms with E-state index in [0.29, 0.717) is 11.3 Å². The summed E-state index contributed by atoms with van der Waals surface area (Å²) in [7, 11) is 1.36. The molecule has 0 fully saturated rings.